The molecule has 1 amide bonds. The molecule has 0 aliphatic rings. The van der Waals surface area contributed by atoms with Crippen LogP contribution in [0.15, 0.2) is 90.3 Å². The summed E-state index contributed by atoms with van der Waals surface area (Å²) in [5.41, 5.74) is 4.14. The quantitative estimate of drug-likeness (QED) is 0.303. The Morgan fingerprint density at radius 3 is 2.26 bits per heavy atom. The van der Waals surface area contributed by atoms with E-state index in [0.717, 1.165) is 28.0 Å². The van der Waals surface area contributed by atoms with Crippen LogP contribution in [0.3, 0.4) is 0 Å². The normalized spacial score (nSPS) is 10.8. The molecule has 168 valence electrons. The van der Waals surface area contributed by atoms with Gasteiger partial charge in [0, 0.05) is 41.3 Å². The molecule has 34 heavy (non-hydrogen) atoms. The van der Waals surface area contributed by atoms with Gasteiger partial charge < -0.3 is 15.5 Å². The van der Waals surface area contributed by atoms with E-state index in [9.17, 15) is 4.79 Å². The first kappa shape index (κ1) is 21.6. The predicted molar refractivity (Wildman–Crippen MR) is 141 cm³/mol. The second-order valence-corrected chi connectivity index (χ2v) is 8.94. The van der Waals surface area contributed by atoms with Gasteiger partial charge in [0.15, 0.2) is 0 Å². The molecule has 0 spiro atoms. The molecule has 0 radical (unpaired) electrons. The number of aromatic nitrogens is 2. The van der Waals surface area contributed by atoms with Crippen LogP contribution in [0.1, 0.15) is 10.4 Å². The van der Waals surface area contributed by atoms with Crippen LogP contribution < -0.4 is 15.5 Å². The fourth-order valence-electron chi connectivity index (χ4n) is 3.65. The number of benzene rings is 3. The van der Waals surface area contributed by atoms with Gasteiger partial charge in [-0.1, -0.05) is 30.3 Å². The smallest absolute Gasteiger partial charge is 0.255 e. The number of carbonyl (C=O) groups excluding carboxylic acids is 1. The minimum absolute atomic E-state index is 0.146. The molecule has 0 bridgehead atoms. The van der Waals surface area contributed by atoms with Gasteiger partial charge in [0.2, 0.25) is 5.95 Å². The Bertz CT molecular complexity index is 1430. The highest BCUT2D eigenvalue weighted by Gasteiger charge is 2.10. The molecule has 0 saturated carbocycles. The number of nitrogens with zero attached hydrogens (tertiary/aromatic N) is 3. The van der Waals surface area contributed by atoms with Crippen LogP contribution in [0.5, 0.6) is 0 Å². The summed E-state index contributed by atoms with van der Waals surface area (Å²) in [6.07, 6.45) is 0. The summed E-state index contributed by atoms with van der Waals surface area (Å²) in [7, 11) is 3.93. The van der Waals surface area contributed by atoms with Crippen LogP contribution in [0.2, 0.25) is 0 Å². The van der Waals surface area contributed by atoms with Gasteiger partial charge in [-0.3, -0.25) is 4.79 Å². The van der Waals surface area contributed by atoms with Crippen molar-refractivity contribution in [1.29, 1.82) is 0 Å². The van der Waals surface area contributed by atoms with Gasteiger partial charge in [-0.2, -0.15) is 4.98 Å². The molecule has 0 aliphatic carbocycles. The number of para-hydroxylation sites is 1. The maximum absolute atomic E-state index is 12.7. The molecule has 3 aromatic carbocycles. The van der Waals surface area contributed by atoms with Gasteiger partial charge in [-0.05, 0) is 65.5 Å². The maximum atomic E-state index is 12.7. The first-order chi connectivity index (χ1) is 16.6. The Balaban J connectivity index is 1.28. The summed E-state index contributed by atoms with van der Waals surface area (Å²) in [4.78, 5) is 25.1. The van der Waals surface area contributed by atoms with Gasteiger partial charge in [0.05, 0.1) is 5.52 Å². The second-order valence-electron chi connectivity index (χ2n) is 7.99. The summed E-state index contributed by atoms with van der Waals surface area (Å²) < 4.78 is 0. The number of hydrogen-bond acceptors (Lipinski definition) is 6. The summed E-state index contributed by atoms with van der Waals surface area (Å²) in [6.45, 7) is 0. The fourth-order valence-corrected chi connectivity index (χ4v) is 4.39. The highest BCUT2D eigenvalue weighted by atomic mass is 32.1. The zero-order valence-corrected chi connectivity index (χ0v) is 19.6. The molecule has 0 atom stereocenters. The summed E-state index contributed by atoms with van der Waals surface area (Å²) >= 11 is 1.68. The van der Waals surface area contributed by atoms with Crippen molar-refractivity contribution in [3.05, 3.63) is 95.9 Å². The number of nitrogens with one attached hydrogen (secondary N) is 2. The van der Waals surface area contributed by atoms with Gasteiger partial charge in [-0.15, -0.1) is 11.3 Å². The molecule has 0 aliphatic heterocycles. The molecule has 5 rings (SSSR count). The minimum atomic E-state index is -0.146. The summed E-state index contributed by atoms with van der Waals surface area (Å²) in [5.74, 6) is 1.22. The first-order valence-corrected chi connectivity index (χ1v) is 11.7. The number of amides is 1. The highest BCUT2D eigenvalue weighted by molar-refractivity contribution is 7.13. The van der Waals surface area contributed by atoms with Crippen molar-refractivity contribution in [1.82, 2.24) is 9.97 Å². The lowest BCUT2D eigenvalue weighted by Crippen LogP contribution is -2.13. The lowest BCUT2D eigenvalue weighted by Gasteiger charge is -2.16. The van der Waals surface area contributed by atoms with E-state index in [4.69, 9.17) is 0 Å². The molecule has 5 aromatic rings. The monoisotopic (exact) mass is 465 g/mol. The maximum Gasteiger partial charge on any atom is 0.255 e. The molecular formula is C27H23N5OS. The number of fused-ring (bicyclic) bond motifs is 1. The van der Waals surface area contributed by atoms with Gasteiger partial charge in [0.25, 0.3) is 5.91 Å². The third kappa shape index (κ3) is 4.60. The van der Waals surface area contributed by atoms with Gasteiger partial charge in [-0.25, -0.2) is 4.98 Å². The van der Waals surface area contributed by atoms with Gasteiger partial charge >= 0.3 is 0 Å². The van der Waals surface area contributed by atoms with E-state index >= 15 is 0 Å². The first-order valence-electron chi connectivity index (χ1n) is 10.8. The topological polar surface area (TPSA) is 70.2 Å². The molecule has 0 unspecified atom stereocenters. The molecule has 0 fully saturated rings. The van der Waals surface area contributed by atoms with Crippen molar-refractivity contribution in [3.8, 4) is 10.4 Å². The number of thiophene rings is 1. The highest BCUT2D eigenvalue weighted by Crippen LogP contribution is 2.27. The van der Waals surface area contributed by atoms with E-state index in [1.54, 1.807) is 11.3 Å². The zero-order valence-electron chi connectivity index (χ0n) is 18.8. The van der Waals surface area contributed by atoms with E-state index in [1.807, 2.05) is 103 Å². The summed E-state index contributed by atoms with van der Waals surface area (Å²) in [5, 5.41) is 9.26. The van der Waals surface area contributed by atoms with Crippen molar-refractivity contribution in [2.24, 2.45) is 0 Å². The SMILES string of the molecule is CN(C)c1nc(Nc2ccc(NC(=O)c3ccc(-c4cccs4)cc3)cc2)nc2ccccc12. The third-order valence-corrected chi connectivity index (χ3v) is 6.28. The molecular weight excluding hydrogens is 442 g/mol. The molecule has 6 nitrogen and oxygen atoms in total. The Hall–Kier alpha value is -4.23. The van der Waals surface area contributed by atoms with Crippen molar-refractivity contribution in [3.63, 3.8) is 0 Å². The number of rotatable bonds is 6. The van der Waals surface area contributed by atoms with Crippen LogP contribution in [-0.4, -0.2) is 30.0 Å². The summed E-state index contributed by atoms with van der Waals surface area (Å²) in [6, 6.07) is 27.2. The third-order valence-electron chi connectivity index (χ3n) is 5.36. The molecule has 2 N–H and O–H groups in total. The van der Waals surface area contributed by atoms with Crippen LogP contribution >= 0.6 is 11.3 Å². The van der Waals surface area contributed by atoms with Crippen molar-refractivity contribution in [2.75, 3.05) is 29.6 Å². The lowest BCUT2D eigenvalue weighted by atomic mass is 10.1. The van der Waals surface area contributed by atoms with Crippen LogP contribution in [0.4, 0.5) is 23.1 Å². The Morgan fingerprint density at radius 1 is 0.824 bits per heavy atom. The van der Waals surface area contributed by atoms with Crippen molar-refractivity contribution >= 4 is 51.3 Å². The van der Waals surface area contributed by atoms with Crippen LogP contribution in [-0.2, 0) is 0 Å². The Morgan fingerprint density at radius 2 is 1.56 bits per heavy atom. The van der Waals surface area contributed by atoms with E-state index < -0.39 is 0 Å². The fraction of sp³-hybridized carbons (Fsp3) is 0.0741. The molecule has 0 saturated heterocycles. The van der Waals surface area contributed by atoms with Crippen molar-refractivity contribution < 1.29 is 4.79 Å². The Kier molecular flexibility index (Phi) is 5.93. The Labute approximate surface area is 201 Å². The minimum Gasteiger partial charge on any atom is -0.362 e. The number of hydrogen-bond donors (Lipinski definition) is 2. The predicted octanol–water partition coefficient (Wildman–Crippen LogP) is 6.42. The largest absolute Gasteiger partial charge is 0.362 e. The van der Waals surface area contributed by atoms with Gasteiger partial charge in [0.1, 0.15) is 5.82 Å². The van der Waals surface area contributed by atoms with E-state index in [0.29, 0.717) is 17.2 Å². The van der Waals surface area contributed by atoms with Crippen molar-refractivity contribution in [2.45, 2.75) is 0 Å². The van der Waals surface area contributed by atoms with E-state index in [1.165, 1.54) is 4.88 Å². The average Bonchev–Trinajstić information content (AvgIpc) is 3.40. The average molecular weight is 466 g/mol. The van der Waals surface area contributed by atoms with Crippen LogP contribution in [0, 0.1) is 0 Å². The van der Waals surface area contributed by atoms with E-state index in [-0.39, 0.29) is 5.91 Å². The molecule has 2 aromatic heterocycles. The van der Waals surface area contributed by atoms with E-state index in [2.05, 4.69) is 26.7 Å². The van der Waals surface area contributed by atoms with Crippen LogP contribution in [0.25, 0.3) is 21.3 Å². The standard InChI is InChI=1S/C27H23N5OS/c1-32(2)25-22-6-3-4-7-23(22)30-27(31-25)29-21-15-13-20(14-16-21)28-26(33)19-11-9-18(10-12-19)24-8-5-17-34-24/h3-17H,1-2H3,(H,28,33)(H,29,30,31). The molecule has 7 heteroatoms. The zero-order chi connectivity index (χ0) is 23.5. The number of anilines is 4. The molecule has 2 heterocycles. The number of carbonyl (C=O) groups is 1. The second kappa shape index (κ2) is 9.33. The lowest BCUT2D eigenvalue weighted by molar-refractivity contribution is 0.102.